The molecule has 4 nitrogen and oxygen atoms in total. The average molecular weight is 330 g/mol. The first-order valence-electron chi connectivity index (χ1n) is 6.78. The summed E-state index contributed by atoms with van der Waals surface area (Å²) in [5.74, 6) is 1.25. The number of carbonyl (C=O) groups excluding carboxylic acids is 1. The molecule has 1 fully saturated rings. The van der Waals surface area contributed by atoms with Gasteiger partial charge in [-0.25, -0.2) is 0 Å². The van der Waals surface area contributed by atoms with Gasteiger partial charge in [-0.2, -0.15) is 0 Å². The number of hydrogen-bond acceptors (Lipinski definition) is 3. The number of aliphatic hydroxyl groups excluding tert-OH is 1. The number of carbonyl (C=O) groups is 1. The van der Waals surface area contributed by atoms with Crippen LogP contribution in [0.3, 0.4) is 0 Å². The van der Waals surface area contributed by atoms with Gasteiger partial charge in [0, 0.05) is 25.8 Å². The minimum absolute atomic E-state index is 0.0524. The van der Waals surface area contributed by atoms with Crippen LogP contribution in [-0.4, -0.2) is 35.6 Å². The van der Waals surface area contributed by atoms with Crippen molar-refractivity contribution >= 4 is 21.8 Å². The van der Waals surface area contributed by atoms with Crippen LogP contribution in [0, 0.1) is 12.8 Å². The number of likely N-dealkylation sites (tertiary alicyclic amines) is 1. The van der Waals surface area contributed by atoms with Crippen molar-refractivity contribution in [1.29, 1.82) is 0 Å². The zero-order valence-electron chi connectivity index (χ0n) is 11.2. The number of nitrogens with zero attached hydrogens (tertiary/aromatic N) is 1. The van der Waals surface area contributed by atoms with Gasteiger partial charge in [0.2, 0.25) is 0 Å². The molecule has 0 spiro atoms. The van der Waals surface area contributed by atoms with E-state index in [0.717, 1.165) is 38.8 Å². The van der Waals surface area contributed by atoms with Crippen LogP contribution in [0.4, 0.5) is 0 Å². The SMILES string of the molecule is Cc1oc(Br)cc1C(=O)N1CCC[C@H](CCO)CC1. The van der Waals surface area contributed by atoms with Gasteiger partial charge in [-0.05, 0) is 54.5 Å². The third kappa shape index (κ3) is 3.60. The van der Waals surface area contributed by atoms with Gasteiger partial charge in [0.1, 0.15) is 5.76 Å². The van der Waals surface area contributed by atoms with Gasteiger partial charge in [0.05, 0.1) is 5.56 Å². The number of aliphatic hydroxyl groups is 1. The van der Waals surface area contributed by atoms with Crippen LogP contribution in [0.5, 0.6) is 0 Å². The van der Waals surface area contributed by atoms with Crippen LogP contribution >= 0.6 is 15.9 Å². The minimum Gasteiger partial charge on any atom is -0.454 e. The number of halogens is 1. The molecule has 2 heterocycles. The van der Waals surface area contributed by atoms with E-state index in [-0.39, 0.29) is 12.5 Å². The molecule has 106 valence electrons. The number of furan rings is 1. The topological polar surface area (TPSA) is 53.7 Å². The van der Waals surface area contributed by atoms with Crippen LogP contribution in [0.25, 0.3) is 0 Å². The Bertz CT molecular complexity index is 444. The second-order valence-electron chi connectivity index (χ2n) is 5.12. The largest absolute Gasteiger partial charge is 0.454 e. The highest BCUT2D eigenvalue weighted by Gasteiger charge is 2.24. The van der Waals surface area contributed by atoms with E-state index in [4.69, 9.17) is 9.52 Å². The molecule has 0 unspecified atom stereocenters. The van der Waals surface area contributed by atoms with Gasteiger partial charge >= 0.3 is 0 Å². The molecule has 0 bridgehead atoms. The molecule has 0 radical (unpaired) electrons. The molecule has 1 N–H and O–H groups in total. The van der Waals surface area contributed by atoms with Crippen molar-refractivity contribution in [2.75, 3.05) is 19.7 Å². The Hall–Kier alpha value is -0.810. The summed E-state index contributed by atoms with van der Waals surface area (Å²) in [6, 6.07) is 1.74. The maximum Gasteiger partial charge on any atom is 0.257 e. The monoisotopic (exact) mass is 329 g/mol. The standard InChI is InChI=1S/C14H20BrNO3/c1-10-12(9-13(15)19-10)14(18)16-6-2-3-11(4-7-16)5-8-17/h9,11,17H,2-8H2,1H3/t11-/m0/s1. The molecule has 19 heavy (non-hydrogen) atoms. The van der Waals surface area contributed by atoms with Gasteiger partial charge in [0.25, 0.3) is 5.91 Å². The molecule has 1 atom stereocenters. The minimum atomic E-state index is 0.0524. The lowest BCUT2D eigenvalue weighted by Gasteiger charge is -2.20. The van der Waals surface area contributed by atoms with Crippen LogP contribution in [0.2, 0.25) is 0 Å². The molecule has 1 aromatic heterocycles. The normalized spacial score (nSPS) is 20.4. The molecule has 0 saturated carbocycles. The van der Waals surface area contributed by atoms with E-state index in [9.17, 15) is 4.79 Å². The number of aryl methyl sites for hydroxylation is 1. The third-order valence-electron chi connectivity index (χ3n) is 3.79. The Morgan fingerprint density at radius 2 is 2.32 bits per heavy atom. The lowest BCUT2D eigenvalue weighted by molar-refractivity contribution is 0.0758. The van der Waals surface area contributed by atoms with E-state index in [1.807, 2.05) is 11.8 Å². The molecule has 0 aromatic carbocycles. The first-order chi connectivity index (χ1) is 9.11. The first-order valence-corrected chi connectivity index (χ1v) is 7.57. The van der Waals surface area contributed by atoms with Gasteiger partial charge in [-0.15, -0.1) is 0 Å². The van der Waals surface area contributed by atoms with Crippen molar-refractivity contribution in [3.05, 3.63) is 22.1 Å². The van der Waals surface area contributed by atoms with Crippen LogP contribution in [0.15, 0.2) is 15.2 Å². The summed E-state index contributed by atoms with van der Waals surface area (Å²) < 4.78 is 5.95. The summed E-state index contributed by atoms with van der Waals surface area (Å²) in [6.07, 6.45) is 3.93. The van der Waals surface area contributed by atoms with E-state index in [2.05, 4.69) is 15.9 Å². The van der Waals surface area contributed by atoms with Crippen molar-refractivity contribution in [2.45, 2.75) is 32.6 Å². The molecule has 2 rings (SSSR count). The predicted molar refractivity (Wildman–Crippen MR) is 76.1 cm³/mol. The zero-order chi connectivity index (χ0) is 13.8. The second-order valence-corrected chi connectivity index (χ2v) is 5.90. The van der Waals surface area contributed by atoms with Crippen LogP contribution in [-0.2, 0) is 0 Å². The lowest BCUT2D eigenvalue weighted by Crippen LogP contribution is -2.32. The fraction of sp³-hybridized carbons (Fsp3) is 0.643. The summed E-state index contributed by atoms with van der Waals surface area (Å²) in [5.41, 5.74) is 0.646. The van der Waals surface area contributed by atoms with Gasteiger partial charge < -0.3 is 14.4 Å². The molecular formula is C14H20BrNO3. The molecule has 5 heteroatoms. The zero-order valence-corrected chi connectivity index (χ0v) is 12.8. The molecule has 0 aliphatic carbocycles. The van der Waals surface area contributed by atoms with E-state index in [1.165, 1.54) is 0 Å². The van der Waals surface area contributed by atoms with Gasteiger partial charge in [0.15, 0.2) is 4.67 Å². The maximum atomic E-state index is 12.4. The smallest absolute Gasteiger partial charge is 0.257 e. The molecule has 1 aliphatic rings. The highest BCUT2D eigenvalue weighted by Crippen LogP contribution is 2.24. The third-order valence-corrected chi connectivity index (χ3v) is 4.18. The first kappa shape index (κ1) is 14.6. The number of amides is 1. The van der Waals surface area contributed by atoms with Crippen molar-refractivity contribution in [3.63, 3.8) is 0 Å². The van der Waals surface area contributed by atoms with E-state index in [0.29, 0.717) is 21.9 Å². The summed E-state index contributed by atoms with van der Waals surface area (Å²) in [5, 5.41) is 9.00. The van der Waals surface area contributed by atoms with E-state index < -0.39 is 0 Å². The second kappa shape index (κ2) is 6.57. The van der Waals surface area contributed by atoms with Crippen LogP contribution < -0.4 is 0 Å². The highest BCUT2D eigenvalue weighted by molar-refractivity contribution is 9.10. The lowest BCUT2D eigenvalue weighted by atomic mass is 9.98. The van der Waals surface area contributed by atoms with E-state index >= 15 is 0 Å². The Labute approximate surface area is 121 Å². The Balaban J connectivity index is 2.02. The van der Waals surface area contributed by atoms with Gasteiger partial charge in [-0.3, -0.25) is 4.79 Å². The summed E-state index contributed by atoms with van der Waals surface area (Å²) >= 11 is 3.26. The molecule has 1 saturated heterocycles. The summed E-state index contributed by atoms with van der Waals surface area (Å²) in [4.78, 5) is 14.4. The fourth-order valence-corrected chi connectivity index (χ4v) is 3.14. The number of rotatable bonds is 3. The Morgan fingerprint density at radius 1 is 1.53 bits per heavy atom. The average Bonchev–Trinajstić information content (AvgIpc) is 2.59. The van der Waals surface area contributed by atoms with Crippen molar-refractivity contribution < 1.29 is 14.3 Å². The number of hydrogen-bond donors (Lipinski definition) is 1. The quantitative estimate of drug-likeness (QED) is 0.927. The highest BCUT2D eigenvalue weighted by atomic mass is 79.9. The van der Waals surface area contributed by atoms with Crippen molar-refractivity contribution in [2.24, 2.45) is 5.92 Å². The van der Waals surface area contributed by atoms with Crippen LogP contribution in [0.1, 0.15) is 41.8 Å². The molecule has 1 aliphatic heterocycles. The van der Waals surface area contributed by atoms with Crippen molar-refractivity contribution in [1.82, 2.24) is 4.90 Å². The Kier molecular flexibility index (Phi) is 5.05. The van der Waals surface area contributed by atoms with Gasteiger partial charge in [-0.1, -0.05) is 0 Å². The summed E-state index contributed by atoms with van der Waals surface area (Å²) in [7, 11) is 0. The van der Waals surface area contributed by atoms with Crippen molar-refractivity contribution in [3.8, 4) is 0 Å². The molecule has 1 aromatic rings. The fourth-order valence-electron chi connectivity index (χ4n) is 2.67. The summed E-state index contributed by atoms with van der Waals surface area (Å²) in [6.45, 7) is 3.62. The molecule has 1 amide bonds. The molecular weight excluding hydrogens is 310 g/mol. The maximum absolute atomic E-state index is 12.4. The predicted octanol–water partition coefficient (Wildman–Crippen LogP) is 2.98. The Morgan fingerprint density at radius 3 is 2.95 bits per heavy atom. The van der Waals surface area contributed by atoms with E-state index in [1.54, 1.807) is 6.07 Å².